The fourth-order valence-corrected chi connectivity index (χ4v) is 8.36. The molecule has 230 valence electrons. The summed E-state index contributed by atoms with van der Waals surface area (Å²) < 4.78 is 19.8. The number of carbonyl (C=O) groups is 4. The van der Waals surface area contributed by atoms with Crippen molar-refractivity contribution in [2.45, 2.75) is 32.2 Å². The van der Waals surface area contributed by atoms with Crippen molar-refractivity contribution in [2.24, 2.45) is 29.1 Å². The summed E-state index contributed by atoms with van der Waals surface area (Å²) in [7, 11) is 1.46. The third-order valence-electron chi connectivity index (χ3n) is 10.3. The van der Waals surface area contributed by atoms with E-state index < -0.39 is 52.6 Å². The lowest BCUT2D eigenvalue weighted by Crippen LogP contribution is -2.49. The Labute approximate surface area is 264 Å². The van der Waals surface area contributed by atoms with Gasteiger partial charge in [0.05, 0.1) is 47.5 Å². The molecular weight excluding hydrogens is 599 g/mol. The van der Waals surface area contributed by atoms with Gasteiger partial charge in [-0.1, -0.05) is 59.6 Å². The van der Waals surface area contributed by atoms with E-state index >= 15 is 0 Å². The highest BCUT2D eigenvalue weighted by molar-refractivity contribution is 6.31. The summed E-state index contributed by atoms with van der Waals surface area (Å²) in [4.78, 5) is 58.9. The van der Waals surface area contributed by atoms with Gasteiger partial charge in [-0.3, -0.25) is 24.1 Å². The number of anilines is 1. The average molecular weight is 629 g/mol. The molecule has 3 aromatic rings. The lowest BCUT2D eigenvalue weighted by molar-refractivity contribution is -0.141. The third-order valence-corrected chi connectivity index (χ3v) is 10.6. The molecule has 4 aliphatic rings. The third kappa shape index (κ3) is 4.16. The van der Waals surface area contributed by atoms with Crippen LogP contribution in [0.3, 0.4) is 0 Å². The Morgan fingerprint density at radius 3 is 2.44 bits per heavy atom. The van der Waals surface area contributed by atoms with Gasteiger partial charge >= 0.3 is 0 Å². The molecule has 2 heterocycles. The molecule has 0 radical (unpaired) electrons. The van der Waals surface area contributed by atoms with Crippen molar-refractivity contribution < 1.29 is 33.4 Å². The summed E-state index contributed by atoms with van der Waals surface area (Å²) in [6.07, 6.45) is 2.33. The first-order valence-electron chi connectivity index (χ1n) is 14.9. The monoisotopic (exact) mass is 628 g/mol. The molecule has 45 heavy (non-hydrogen) atoms. The minimum atomic E-state index is -1.41. The number of allylic oxidation sites excluding steroid dienone is 2. The van der Waals surface area contributed by atoms with Gasteiger partial charge in [0.25, 0.3) is 0 Å². The van der Waals surface area contributed by atoms with Gasteiger partial charge in [-0.05, 0) is 61.6 Å². The largest absolute Gasteiger partial charge is 0.508 e. The highest BCUT2D eigenvalue weighted by Gasteiger charge is 2.68. The fraction of sp³-hybridized carbons (Fsp3) is 0.314. The molecule has 3 aromatic carbocycles. The van der Waals surface area contributed by atoms with Gasteiger partial charge in [0.2, 0.25) is 23.6 Å². The molecule has 0 aromatic heterocycles. The molecule has 1 N–H and O–H groups in total. The smallest absolute Gasteiger partial charge is 0.241 e. The molecule has 1 saturated carbocycles. The van der Waals surface area contributed by atoms with E-state index in [4.69, 9.17) is 16.3 Å². The quantitative estimate of drug-likeness (QED) is 0.290. The zero-order valence-electron chi connectivity index (χ0n) is 24.6. The number of halogens is 2. The Hall–Kier alpha value is -4.50. The fourth-order valence-electron chi connectivity index (χ4n) is 8.18. The van der Waals surface area contributed by atoms with Crippen molar-refractivity contribution in [1.82, 2.24) is 4.90 Å². The molecule has 0 spiro atoms. The van der Waals surface area contributed by atoms with E-state index in [0.29, 0.717) is 11.3 Å². The molecule has 4 amide bonds. The van der Waals surface area contributed by atoms with Crippen molar-refractivity contribution >= 4 is 40.9 Å². The molecule has 2 aliphatic heterocycles. The normalized spacial score (nSPS) is 29.0. The number of aromatic hydroxyl groups is 1. The van der Waals surface area contributed by atoms with Crippen LogP contribution in [0.2, 0.25) is 5.02 Å². The predicted octanol–water partition coefficient (Wildman–Crippen LogP) is 5.62. The maximum absolute atomic E-state index is 14.5. The van der Waals surface area contributed by atoms with E-state index in [9.17, 15) is 28.7 Å². The van der Waals surface area contributed by atoms with Crippen molar-refractivity contribution in [3.63, 3.8) is 0 Å². The first-order valence-corrected chi connectivity index (χ1v) is 15.2. The number of carbonyl (C=O) groups excluding carboxylic acids is 4. The number of nitrogens with zero attached hydrogens (tertiary/aromatic N) is 2. The standard InChI is InChI=1S/C35H30ClFN2O6/c1-35-23(32(42)39(34(35)44)19-11-14-25(37)24(36)15-19)16-22-20(30(35)29-26(40)9-6-10-27(29)45-2)12-13-21-28(22)33(43)38(31(21)41)17-18-7-4-3-5-8-18/h3-12,14-15,21-23,28,30,40H,13,16-17H2,1-2H3/t21-,22+,23-,28-,30+,35+/m0/s1. The maximum Gasteiger partial charge on any atom is 0.241 e. The number of ether oxygens (including phenoxy) is 1. The number of fused-ring (bicyclic) bond motifs is 4. The maximum atomic E-state index is 14.5. The summed E-state index contributed by atoms with van der Waals surface area (Å²) in [5.41, 5.74) is 0.599. The average Bonchev–Trinajstić information content (AvgIpc) is 3.39. The van der Waals surface area contributed by atoms with Crippen molar-refractivity contribution in [1.29, 1.82) is 0 Å². The number of phenols is 1. The molecule has 2 aliphatic carbocycles. The lowest BCUT2D eigenvalue weighted by Gasteiger charge is -2.49. The van der Waals surface area contributed by atoms with Gasteiger partial charge in [0.15, 0.2) is 0 Å². The van der Waals surface area contributed by atoms with Gasteiger partial charge < -0.3 is 9.84 Å². The van der Waals surface area contributed by atoms with Crippen LogP contribution in [0.1, 0.15) is 36.8 Å². The first kappa shape index (κ1) is 29.2. The predicted molar refractivity (Wildman–Crippen MR) is 163 cm³/mol. The summed E-state index contributed by atoms with van der Waals surface area (Å²) in [5.74, 6) is -5.77. The SMILES string of the molecule is COc1cccc(O)c1[C@H]1C2=CC[C@@H]3C(=O)N(Cc4ccccc4)C(=O)[C@@H]3[C@@H]2C[C@H]2C(=O)N(c3ccc(F)c(Cl)c3)C(=O)[C@@]12C. The number of phenolic OH excluding ortho intramolecular Hbond substituents is 1. The number of hydrogen-bond donors (Lipinski definition) is 1. The van der Waals surface area contributed by atoms with Crippen LogP contribution >= 0.6 is 11.6 Å². The number of rotatable bonds is 5. The summed E-state index contributed by atoms with van der Waals surface area (Å²) in [6.45, 7) is 1.84. The van der Waals surface area contributed by atoms with Crippen molar-refractivity contribution in [2.75, 3.05) is 12.0 Å². The number of benzene rings is 3. The van der Waals surface area contributed by atoms with Crippen LogP contribution in [0.15, 0.2) is 78.4 Å². The highest BCUT2D eigenvalue weighted by atomic mass is 35.5. The highest BCUT2D eigenvalue weighted by Crippen LogP contribution is 2.65. The molecule has 0 unspecified atom stereocenters. The van der Waals surface area contributed by atoms with E-state index in [0.717, 1.165) is 22.1 Å². The number of likely N-dealkylation sites (tertiary alicyclic amines) is 1. The van der Waals surface area contributed by atoms with Gasteiger partial charge in [-0.2, -0.15) is 0 Å². The number of imide groups is 2. The van der Waals surface area contributed by atoms with E-state index in [-0.39, 0.29) is 47.7 Å². The molecule has 3 fully saturated rings. The van der Waals surface area contributed by atoms with Crippen LogP contribution in [0.5, 0.6) is 11.5 Å². The topological polar surface area (TPSA) is 104 Å². The summed E-state index contributed by atoms with van der Waals surface area (Å²) >= 11 is 6.06. The molecule has 10 heteroatoms. The Kier molecular flexibility index (Phi) is 6.85. The number of methoxy groups -OCH3 is 1. The number of amides is 4. The zero-order chi connectivity index (χ0) is 31.8. The number of hydrogen-bond acceptors (Lipinski definition) is 6. The Bertz CT molecular complexity index is 1810. The molecular formula is C35H30ClFN2O6. The second-order valence-electron chi connectivity index (χ2n) is 12.4. The first-order chi connectivity index (χ1) is 21.6. The zero-order valence-corrected chi connectivity index (χ0v) is 25.3. The van der Waals surface area contributed by atoms with Crippen molar-refractivity contribution in [3.8, 4) is 11.5 Å². The Balaban J connectivity index is 1.37. The summed E-state index contributed by atoms with van der Waals surface area (Å²) in [5, 5.41) is 11.0. The van der Waals surface area contributed by atoms with Crippen LogP contribution in [-0.4, -0.2) is 40.7 Å². The van der Waals surface area contributed by atoms with Gasteiger partial charge in [0.1, 0.15) is 17.3 Å². The molecule has 0 bridgehead atoms. The second kappa shape index (κ2) is 10.5. The Morgan fingerprint density at radius 1 is 0.978 bits per heavy atom. The van der Waals surface area contributed by atoms with Gasteiger partial charge in [0, 0.05) is 11.5 Å². The molecule has 7 rings (SSSR count). The van der Waals surface area contributed by atoms with Crippen LogP contribution in [0.25, 0.3) is 0 Å². The second-order valence-corrected chi connectivity index (χ2v) is 12.8. The van der Waals surface area contributed by atoms with E-state index in [2.05, 4.69) is 0 Å². The molecule has 6 atom stereocenters. The minimum absolute atomic E-state index is 0.119. The lowest BCUT2D eigenvalue weighted by atomic mass is 9.51. The van der Waals surface area contributed by atoms with Crippen LogP contribution in [0, 0.1) is 34.9 Å². The van der Waals surface area contributed by atoms with Crippen LogP contribution < -0.4 is 9.64 Å². The Morgan fingerprint density at radius 2 is 1.73 bits per heavy atom. The van der Waals surface area contributed by atoms with Gasteiger partial charge in [-0.25, -0.2) is 9.29 Å². The molecule has 8 nitrogen and oxygen atoms in total. The summed E-state index contributed by atoms with van der Waals surface area (Å²) in [6, 6.07) is 17.7. The van der Waals surface area contributed by atoms with Gasteiger partial charge in [-0.15, -0.1) is 0 Å². The van der Waals surface area contributed by atoms with E-state index in [1.165, 1.54) is 30.2 Å². The van der Waals surface area contributed by atoms with E-state index in [1.807, 2.05) is 36.4 Å². The van der Waals surface area contributed by atoms with Crippen LogP contribution in [0.4, 0.5) is 10.1 Å². The molecule has 2 saturated heterocycles. The minimum Gasteiger partial charge on any atom is -0.508 e. The van der Waals surface area contributed by atoms with Crippen LogP contribution in [-0.2, 0) is 25.7 Å². The van der Waals surface area contributed by atoms with E-state index in [1.54, 1.807) is 19.1 Å². The van der Waals surface area contributed by atoms with Crippen molar-refractivity contribution in [3.05, 3.63) is 100 Å².